The first kappa shape index (κ1) is 12.9. The summed E-state index contributed by atoms with van der Waals surface area (Å²) >= 11 is 0. The Hall–Kier alpha value is -2.54. The summed E-state index contributed by atoms with van der Waals surface area (Å²) in [6.07, 6.45) is 10.8. The van der Waals surface area contributed by atoms with Gasteiger partial charge in [0.25, 0.3) is 0 Å². The van der Waals surface area contributed by atoms with E-state index in [9.17, 15) is 4.79 Å². The summed E-state index contributed by atoms with van der Waals surface area (Å²) in [5.74, 6) is 2.52. The second-order valence-electron chi connectivity index (χ2n) is 4.17. The van der Waals surface area contributed by atoms with E-state index >= 15 is 0 Å². The van der Waals surface area contributed by atoms with Crippen LogP contribution in [-0.4, -0.2) is 15.5 Å². The fourth-order valence-corrected chi connectivity index (χ4v) is 1.84. The third-order valence-electron chi connectivity index (χ3n) is 2.74. The van der Waals surface area contributed by atoms with E-state index in [-0.39, 0.29) is 18.5 Å². The molecule has 2 rings (SSSR count). The summed E-state index contributed by atoms with van der Waals surface area (Å²) in [6.45, 7) is 0.244. The van der Waals surface area contributed by atoms with Crippen LogP contribution >= 0.6 is 0 Å². The van der Waals surface area contributed by atoms with Crippen LogP contribution in [0.3, 0.4) is 0 Å². The number of hydrogen-bond donors (Lipinski definition) is 1. The second-order valence-corrected chi connectivity index (χ2v) is 4.17. The molecular weight excluding hydrogens is 238 g/mol. The van der Waals surface area contributed by atoms with E-state index in [2.05, 4.69) is 16.2 Å². The first-order chi connectivity index (χ1) is 9.29. The van der Waals surface area contributed by atoms with Crippen LogP contribution in [0.4, 0.5) is 0 Å². The summed E-state index contributed by atoms with van der Waals surface area (Å²) in [4.78, 5) is 15.8. The average Bonchev–Trinajstić information content (AvgIpc) is 2.92. The van der Waals surface area contributed by atoms with Crippen molar-refractivity contribution in [2.24, 2.45) is 0 Å². The number of terminal acetylenes is 1. The number of benzene rings is 1. The van der Waals surface area contributed by atoms with E-state index in [1.807, 2.05) is 30.3 Å². The van der Waals surface area contributed by atoms with Crippen LogP contribution in [0.2, 0.25) is 0 Å². The summed E-state index contributed by atoms with van der Waals surface area (Å²) in [7, 11) is 0. The number of rotatable bonds is 5. The lowest BCUT2D eigenvalue weighted by molar-refractivity contribution is -0.122. The van der Waals surface area contributed by atoms with Crippen molar-refractivity contribution in [3.8, 4) is 12.3 Å². The molecule has 1 aromatic heterocycles. The molecule has 1 aromatic carbocycles. The van der Waals surface area contributed by atoms with E-state index < -0.39 is 0 Å². The molecule has 19 heavy (non-hydrogen) atoms. The van der Waals surface area contributed by atoms with Gasteiger partial charge in [-0.15, -0.1) is 12.3 Å². The van der Waals surface area contributed by atoms with E-state index in [1.165, 1.54) is 0 Å². The van der Waals surface area contributed by atoms with Crippen molar-refractivity contribution < 1.29 is 4.79 Å². The Kier molecular flexibility index (Phi) is 4.35. The van der Waals surface area contributed by atoms with Gasteiger partial charge in [0.15, 0.2) is 0 Å². The molecule has 0 aliphatic heterocycles. The first-order valence-corrected chi connectivity index (χ1v) is 6.03. The van der Waals surface area contributed by atoms with Gasteiger partial charge < -0.3 is 9.88 Å². The smallest absolute Gasteiger partial charge is 0.240 e. The Balaban J connectivity index is 2.01. The monoisotopic (exact) mass is 253 g/mol. The van der Waals surface area contributed by atoms with Gasteiger partial charge >= 0.3 is 0 Å². The number of nitrogens with zero attached hydrogens (tertiary/aromatic N) is 2. The number of carbonyl (C=O) groups excluding carboxylic acids is 1. The Morgan fingerprint density at radius 2 is 2.21 bits per heavy atom. The van der Waals surface area contributed by atoms with Gasteiger partial charge in [-0.05, 0) is 5.56 Å². The molecule has 0 radical (unpaired) electrons. The fourth-order valence-electron chi connectivity index (χ4n) is 1.84. The molecule has 1 heterocycles. The third-order valence-corrected chi connectivity index (χ3v) is 2.74. The lowest BCUT2D eigenvalue weighted by Gasteiger charge is -2.17. The summed E-state index contributed by atoms with van der Waals surface area (Å²) in [6, 6.07) is 9.56. The highest BCUT2D eigenvalue weighted by Crippen LogP contribution is 2.15. The average molecular weight is 253 g/mol. The predicted molar refractivity (Wildman–Crippen MR) is 73.0 cm³/mol. The molecule has 4 heteroatoms. The Labute approximate surface area is 112 Å². The second kappa shape index (κ2) is 6.41. The minimum absolute atomic E-state index is 0.0814. The van der Waals surface area contributed by atoms with Gasteiger partial charge in [0.05, 0.1) is 12.4 Å². The van der Waals surface area contributed by atoms with Crippen molar-refractivity contribution in [1.82, 2.24) is 14.9 Å². The van der Waals surface area contributed by atoms with Crippen molar-refractivity contribution in [2.45, 2.75) is 19.0 Å². The summed E-state index contributed by atoms with van der Waals surface area (Å²) in [5, 5.41) is 2.94. The van der Waals surface area contributed by atoms with E-state index in [1.54, 1.807) is 23.3 Å². The Bertz CT molecular complexity index is 555. The maximum Gasteiger partial charge on any atom is 0.240 e. The molecule has 0 bridgehead atoms. The highest BCUT2D eigenvalue weighted by Gasteiger charge is 2.13. The highest BCUT2D eigenvalue weighted by molar-refractivity contribution is 5.76. The molecule has 0 aliphatic carbocycles. The zero-order valence-corrected chi connectivity index (χ0v) is 10.5. The number of aromatic nitrogens is 2. The molecule has 4 nitrogen and oxygen atoms in total. The molecule has 0 spiro atoms. The Morgan fingerprint density at radius 3 is 2.84 bits per heavy atom. The van der Waals surface area contributed by atoms with Crippen LogP contribution in [0.1, 0.15) is 18.0 Å². The van der Waals surface area contributed by atoms with Crippen LogP contribution in [0.5, 0.6) is 0 Å². The number of imidazole rings is 1. The summed E-state index contributed by atoms with van der Waals surface area (Å²) < 4.78 is 1.72. The third kappa shape index (κ3) is 3.71. The number of amides is 1. The molecule has 2 aromatic rings. The molecule has 1 atom stereocenters. The quantitative estimate of drug-likeness (QED) is 0.825. The number of carbonyl (C=O) groups is 1. The van der Waals surface area contributed by atoms with Gasteiger partial charge in [-0.1, -0.05) is 30.3 Å². The van der Waals surface area contributed by atoms with Gasteiger partial charge in [-0.25, -0.2) is 4.98 Å². The molecule has 1 unspecified atom stereocenters. The molecule has 0 saturated carbocycles. The van der Waals surface area contributed by atoms with Gasteiger partial charge in [-0.3, -0.25) is 4.79 Å². The zero-order chi connectivity index (χ0) is 13.5. The van der Waals surface area contributed by atoms with Gasteiger partial charge in [0, 0.05) is 18.8 Å². The van der Waals surface area contributed by atoms with Crippen molar-refractivity contribution >= 4 is 5.91 Å². The molecule has 0 fully saturated rings. The van der Waals surface area contributed by atoms with E-state index in [4.69, 9.17) is 6.42 Å². The zero-order valence-electron chi connectivity index (χ0n) is 10.5. The van der Waals surface area contributed by atoms with Crippen molar-refractivity contribution in [3.63, 3.8) is 0 Å². The lowest BCUT2D eigenvalue weighted by atomic mass is 10.0. The predicted octanol–water partition coefficient (Wildman–Crippen LogP) is 1.76. The number of nitrogens with one attached hydrogen (secondary N) is 1. The van der Waals surface area contributed by atoms with Crippen molar-refractivity contribution in [3.05, 3.63) is 54.6 Å². The molecule has 96 valence electrons. The number of hydrogen-bond acceptors (Lipinski definition) is 2. The van der Waals surface area contributed by atoms with Crippen LogP contribution in [0, 0.1) is 12.3 Å². The fraction of sp³-hybridized carbons (Fsp3) is 0.200. The first-order valence-electron chi connectivity index (χ1n) is 6.03. The van der Waals surface area contributed by atoms with Crippen molar-refractivity contribution in [1.29, 1.82) is 0 Å². The minimum Gasteiger partial charge on any atom is -0.347 e. The largest absolute Gasteiger partial charge is 0.347 e. The minimum atomic E-state index is -0.151. The van der Waals surface area contributed by atoms with E-state index in [0.717, 1.165) is 5.56 Å². The van der Waals surface area contributed by atoms with E-state index in [0.29, 0.717) is 6.42 Å². The Morgan fingerprint density at radius 1 is 1.42 bits per heavy atom. The lowest BCUT2D eigenvalue weighted by Crippen LogP contribution is -2.31. The van der Waals surface area contributed by atoms with Gasteiger partial charge in [0.2, 0.25) is 5.91 Å². The van der Waals surface area contributed by atoms with Crippen LogP contribution in [0.25, 0.3) is 0 Å². The molecular formula is C15H15N3O. The molecule has 1 N–H and O–H groups in total. The maximum absolute atomic E-state index is 11.9. The highest BCUT2D eigenvalue weighted by atomic mass is 16.2. The summed E-state index contributed by atoms with van der Waals surface area (Å²) in [5.41, 5.74) is 1.01. The maximum atomic E-state index is 11.9. The van der Waals surface area contributed by atoms with Gasteiger partial charge in [-0.2, -0.15) is 0 Å². The SMILES string of the molecule is C#CCC(NC(=O)Cn1ccnc1)c1ccccc1. The van der Waals surface area contributed by atoms with Crippen molar-refractivity contribution in [2.75, 3.05) is 0 Å². The molecule has 0 aliphatic rings. The van der Waals surface area contributed by atoms with Gasteiger partial charge in [0.1, 0.15) is 6.54 Å². The molecule has 1 amide bonds. The van der Waals surface area contributed by atoms with Crippen LogP contribution in [-0.2, 0) is 11.3 Å². The molecule has 0 saturated heterocycles. The van der Waals surface area contributed by atoms with Crippen LogP contribution in [0.15, 0.2) is 49.1 Å². The van der Waals surface area contributed by atoms with Crippen LogP contribution < -0.4 is 5.32 Å². The topological polar surface area (TPSA) is 46.9 Å². The standard InChI is InChI=1S/C15H15N3O/c1-2-6-14(13-7-4-3-5-8-13)17-15(19)11-18-10-9-16-12-18/h1,3-5,7-10,12,14H,6,11H2,(H,17,19). The normalized spacial score (nSPS) is 11.5.